The van der Waals surface area contributed by atoms with Crippen molar-refractivity contribution in [2.24, 2.45) is 5.10 Å². The lowest BCUT2D eigenvalue weighted by molar-refractivity contribution is -0.123. The first-order valence-electron chi connectivity index (χ1n) is 8.57. The van der Waals surface area contributed by atoms with Crippen LogP contribution in [0.1, 0.15) is 29.8 Å². The van der Waals surface area contributed by atoms with Gasteiger partial charge in [0.2, 0.25) is 5.91 Å². The minimum Gasteiger partial charge on any atom is -0.497 e. The van der Waals surface area contributed by atoms with E-state index >= 15 is 0 Å². The van der Waals surface area contributed by atoms with Crippen LogP contribution in [-0.4, -0.2) is 35.6 Å². The van der Waals surface area contributed by atoms with Crippen LogP contribution in [0.5, 0.6) is 5.75 Å². The number of amides is 3. The molecule has 1 aliphatic rings. The van der Waals surface area contributed by atoms with Crippen LogP contribution in [0.3, 0.4) is 0 Å². The number of carbonyl (C=O) groups excluding carboxylic acids is 3. The highest BCUT2D eigenvalue weighted by atomic mass is 16.5. The smallest absolute Gasteiger partial charge is 0.283 e. The normalized spacial score (nSPS) is 14.8. The molecule has 142 valence electrons. The lowest BCUT2D eigenvalue weighted by Crippen LogP contribution is -2.29. The number of ether oxygens (including phenoxy) is 1. The molecule has 2 aromatic rings. The number of rotatable bonds is 4. The molecule has 0 saturated carbocycles. The number of nitrogens with zero attached hydrogens (tertiary/aromatic N) is 2. The average molecular weight is 377 g/mol. The molecular formula is C21H19N3O4. The van der Waals surface area contributed by atoms with Crippen LogP contribution >= 0.6 is 0 Å². The largest absolute Gasteiger partial charge is 0.497 e. The summed E-state index contributed by atoms with van der Waals surface area (Å²) in [5, 5.41) is 7.60. The van der Waals surface area contributed by atoms with Gasteiger partial charge in [-0.15, -0.1) is 0 Å². The van der Waals surface area contributed by atoms with E-state index in [0.717, 1.165) is 10.6 Å². The third-order valence-corrected chi connectivity index (χ3v) is 4.11. The molecular weight excluding hydrogens is 358 g/mol. The molecule has 0 aliphatic carbocycles. The van der Waals surface area contributed by atoms with Crippen molar-refractivity contribution in [3.8, 4) is 5.75 Å². The molecule has 1 heterocycles. The summed E-state index contributed by atoms with van der Waals surface area (Å²) in [5.74, 6) is -0.563. The van der Waals surface area contributed by atoms with Crippen molar-refractivity contribution in [1.82, 2.24) is 5.01 Å². The fraction of sp³-hybridized carbons (Fsp3) is 0.143. The molecule has 0 radical (unpaired) electrons. The summed E-state index contributed by atoms with van der Waals surface area (Å²) in [6.45, 7) is 3.08. The van der Waals surface area contributed by atoms with Crippen LogP contribution in [0.15, 0.2) is 59.2 Å². The summed E-state index contributed by atoms with van der Waals surface area (Å²) in [6, 6.07) is 13.5. The van der Waals surface area contributed by atoms with Gasteiger partial charge in [-0.3, -0.25) is 14.4 Å². The van der Waals surface area contributed by atoms with Gasteiger partial charge in [-0.2, -0.15) is 10.1 Å². The Bertz CT molecular complexity index is 1010. The van der Waals surface area contributed by atoms with Crippen LogP contribution in [-0.2, 0) is 9.59 Å². The maximum atomic E-state index is 12.7. The number of anilines is 1. The number of benzene rings is 2. The SMILES string of the molecule is COc1cccc(/C=C2\C(=O)N(C(=O)c3ccc(NC(C)=O)cc3)N=C2C)c1. The third kappa shape index (κ3) is 3.98. The fourth-order valence-corrected chi connectivity index (χ4v) is 2.74. The number of methoxy groups -OCH3 is 1. The summed E-state index contributed by atoms with van der Waals surface area (Å²) >= 11 is 0. The minimum atomic E-state index is -0.534. The van der Waals surface area contributed by atoms with E-state index in [9.17, 15) is 14.4 Å². The van der Waals surface area contributed by atoms with Gasteiger partial charge in [0.25, 0.3) is 11.8 Å². The van der Waals surface area contributed by atoms with Crippen molar-refractivity contribution >= 4 is 35.2 Å². The molecule has 0 saturated heterocycles. The van der Waals surface area contributed by atoms with E-state index in [0.29, 0.717) is 28.3 Å². The second-order valence-corrected chi connectivity index (χ2v) is 6.20. The van der Waals surface area contributed by atoms with E-state index in [4.69, 9.17) is 4.74 Å². The number of hydrogen-bond donors (Lipinski definition) is 1. The summed E-state index contributed by atoms with van der Waals surface area (Å²) in [5.41, 5.74) is 2.43. The van der Waals surface area contributed by atoms with Gasteiger partial charge in [-0.25, -0.2) is 0 Å². The molecule has 3 rings (SSSR count). The number of hydrogen-bond acceptors (Lipinski definition) is 5. The predicted octanol–water partition coefficient (Wildman–Crippen LogP) is 3.10. The average Bonchev–Trinajstić information content (AvgIpc) is 2.96. The standard InChI is InChI=1S/C21H19N3O4/c1-13-19(12-15-5-4-6-18(11-15)28-3)21(27)24(23-13)20(26)16-7-9-17(10-8-16)22-14(2)25/h4-12H,1-3H3,(H,22,25)/b19-12-. The van der Waals surface area contributed by atoms with Crippen LogP contribution < -0.4 is 10.1 Å². The van der Waals surface area contributed by atoms with Crippen LogP contribution in [0.4, 0.5) is 5.69 Å². The van der Waals surface area contributed by atoms with Gasteiger partial charge >= 0.3 is 0 Å². The van der Waals surface area contributed by atoms with Gasteiger partial charge in [-0.05, 0) is 55.0 Å². The first-order valence-corrected chi connectivity index (χ1v) is 8.57. The maximum Gasteiger partial charge on any atom is 0.283 e. The highest BCUT2D eigenvalue weighted by Gasteiger charge is 2.33. The van der Waals surface area contributed by atoms with Crippen LogP contribution in [0.2, 0.25) is 0 Å². The van der Waals surface area contributed by atoms with Crippen LogP contribution in [0.25, 0.3) is 6.08 Å². The number of imide groups is 1. The Morgan fingerprint density at radius 1 is 1.14 bits per heavy atom. The maximum absolute atomic E-state index is 12.7. The number of hydrazone groups is 1. The van der Waals surface area contributed by atoms with E-state index in [1.807, 2.05) is 12.1 Å². The zero-order valence-corrected chi connectivity index (χ0v) is 15.7. The topological polar surface area (TPSA) is 88.1 Å². The van der Waals surface area contributed by atoms with Gasteiger partial charge in [0, 0.05) is 18.2 Å². The van der Waals surface area contributed by atoms with E-state index in [2.05, 4.69) is 10.4 Å². The molecule has 0 unspecified atom stereocenters. The first kappa shape index (κ1) is 19.0. The number of carbonyl (C=O) groups is 3. The van der Waals surface area contributed by atoms with Crippen molar-refractivity contribution in [3.63, 3.8) is 0 Å². The monoisotopic (exact) mass is 377 g/mol. The Morgan fingerprint density at radius 3 is 2.50 bits per heavy atom. The van der Waals surface area contributed by atoms with Gasteiger partial charge in [0.05, 0.1) is 18.4 Å². The van der Waals surface area contributed by atoms with Crippen molar-refractivity contribution in [3.05, 3.63) is 65.2 Å². The fourth-order valence-electron chi connectivity index (χ4n) is 2.74. The second-order valence-electron chi connectivity index (χ2n) is 6.20. The Balaban J connectivity index is 1.82. The number of nitrogens with one attached hydrogen (secondary N) is 1. The van der Waals surface area contributed by atoms with E-state index < -0.39 is 11.8 Å². The molecule has 1 N–H and O–H groups in total. The predicted molar refractivity (Wildman–Crippen MR) is 106 cm³/mol. The van der Waals surface area contributed by atoms with Gasteiger partial charge in [0.1, 0.15) is 5.75 Å². The van der Waals surface area contributed by atoms with Gasteiger partial charge in [0.15, 0.2) is 0 Å². The molecule has 7 heteroatoms. The molecule has 3 amide bonds. The van der Waals surface area contributed by atoms with E-state index in [1.165, 1.54) is 19.1 Å². The Labute approximate surface area is 162 Å². The van der Waals surface area contributed by atoms with Gasteiger partial charge in [-0.1, -0.05) is 12.1 Å². The summed E-state index contributed by atoms with van der Waals surface area (Å²) in [4.78, 5) is 36.5. The zero-order valence-electron chi connectivity index (χ0n) is 15.7. The second kappa shape index (κ2) is 7.87. The molecule has 0 fully saturated rings. The highest BCUT2D eigenvalue weighted by Crippen LogP contribution is 2.23. The first-order chi connectivity index (χ1) is 13.4. The zero-order chi connectivity index (χ0) is 20.3. The van der Waals surface area contributed by atoms with Crippen molar-refractivity contribution in [2.45, 2.75) is 13.8 Å². The Hall–Kier alpha value is -3.74. The Kier molecular flexibility index (Phi) is 5.35. The Morgan fingerprint density at radius 2 is 1.86 bits per heavy atom. The highest BCUT2D eigenvalue weighted by molar-refractivity contribution is 6.30. The third-order valence-electron chi connectivity index (χ3n) is 4.11. The molecule has 7 nitrogen and oxygen atoms in total. The summed E-state index contributed by atoms with van der Waals surface area (Å²) < 4.78 is 5.19. The van der Waals surface area contributed by atoms with E-state index in [1.54, 1.807) is 44.4 Å². The lowest BCUT2D eigenvalue weighted by atomic mass is 10.1. The molecule has 28 heavy (non-hydrogen) atoms. The van der Waals surface area contributed by atoms with Crippen molar-refractivity contribution in [1.29, 1.82) is 0 Å². The lowest BCUT2D eigenvalue weighted by Gasteiger charge is -2.10. The molecule has 2 aromatic carbocycles. The summed E-state index contributed by atoms with van der Waals surface area (Å²) in [6.07, 6.45) is 1.68. The quantitative estimate of drug-likeness (QED) is 0.655. The van der Waals surface area contributed by atoms with Crippen molar-refractivity contribution < 1.29 is 19.1 Å². The summed E-state index contributed by atoms with van der Waals surface area (Å²) in [7, 11) is 1.57. The molecule has 0 aromatic heterocycles. The van der Waals surface area contributed by atoms with E-state index in [-0.39, 0.29) is 5.91 Å². The molecule has 0 atom stereocenters. The minimum absolute atomic E-state index is 0.207. The molecule has 0 bridgehead atoms. The van der Waals surface area contributed by atoms with Crippen molar-refractivity contribution in [2.75, 3.05) is 12.4 Å². The molecule has 1 aliphatic heterocycles. The molecule has 0 spiro atoms. The van der Waals surface area contributed by atoms with Gasteiger partial charge < -0.3 is 10.1 Å². The van der Waals surface area contributed by atoms with Crippen LogP contribution in [0, 0.1) is 0 Å².